The first-order valence-corrected chi connectivity index (χ1v) is 5.24. The molecule has 1 N–H and O–H groups in total. The average molecular weight is 227 g/mol. The minimum atomic E-state index is -0.945. The largest absolute Gasteiger partial charge is 0.466 e. The molecule has 0 saturated heterocycles. The van der Waals surface area contributed by atoms with Crippen LogP contribution in [0.4, 0.5) is 4.79 Å². The molecule has 0 aromatic rings. The van der Waals surface area contributed by atoms with Crippen molar-refractivity contribution < 1.29 is 19.4 Å². The summed E-state index contributed by atoms with van der Waals surface area (Å²) >= 11 is 0. The molecule has 1 rings (SSSR count). The molecule has 0 aromatic heterocycles. The van der Waals surface area contributed by atoms with E-state index in [4.69, 9.17) is 5.11 Å². The smallest absolute Gasteiger partial charge is 0.407 e. The quantitative estimate of drug-likeness (QED) is 0.726. The monoisotopic (exact) mass is 227 g/mol. The number of rotatable bonds is 2. The first kappa shape index (κ1) is 12.5. The topological polar surface area (TPSA) is 66.8 Å². The van der Waals surface area contributed by atoms with Gasteiger partial charge in [0.2, 0.25) is 0 Å². The second-order valence-electron chi connectivity index (χ2n) is 4.17. The van der Waals surface area contributed by atoms with Crippen LogP contribution in [-0.4, -0.2) is 41.8 Å². The fraction of sp³-hybridized carbons (Fsp3) is 0.636. The molecule has 1 heterocycles. The van der Waals surface area contributed by atoms with E-state index in [1.165, 1.54) is 12.0 Å². The molecule has 0 bridgehead atoms. The van der Waals surface area contributed by atoms with E-state index in [2.05, 4.69) is 4.74 Å². The lowest BCUT2D eigenvalue weighted by atomic mass is 9.92. The lowest BCUT2D eigenvalue weighted by Crippen LogP contribution is -2.45. The van der Waals surface area contributed by atoms with Gasteiger partial charge in [-0.2, -0.15) is 0 Å². The van der Waals surface area contributed by atoms with Crippen LogP contribution < -0.4 is 0 Å². The van der Waals surface area contributed by atoms with Crippen LogP contribution in [0.2, 0.25) is 0 Å². The number of hydrogen-bond donors (Lipinski definition) is 1. The predicted octanol–water partition coefficient (Wildman–Crippen LogP) is 1.49. The summed E-state index contributed by atoms with van der Waals surface area (Å²) in [7, 11) is 1.33. The summed E-state index contributed by atoms with van der Waals surface area (Å²) < 4.78 is 4.64. The van der Waals surface area contributed by atoms with E-state index in [0.717, 1.165) is 0 Å². The predicted molar refractivity (Wildman–Crippen MR) is 58.1 cm³/mol. The van der Waals surface area contributed by atoms with Gasteiger partial charge in [0.1, 0.15) is 0 Å². The van der Waals surface area contributed by atoms with Crippen molar-refractivity contribution in [1.29, 1.82) is 0 Å². The molecule has 0 spiro atoms. The number of amides is 1. The van der Waals surface area contributed by atoms with Crippen LogP contribution in [0.25, 0.3) is 0 Å². The van der Waals surface area contributed by atoms with Gasteiger partial charge in [0.05, 0.1) is 7.11 Å². The molecule has 90 valence electrons. The third kappa shape index (κ3) is 2.53. The summed E-state index contributed by atoms with van der Waals surface area (Å²) in [6, 6.07) is -0.156. The van der Waals surface area contributed by atoms with E-state index in [-0.39, 0.29) is 24.5 Å². The zero-order valence-corrected chi connectivity index (χ0v) is 9.77. The molecule has 0 aromatic carbocycles. The number of esters is 1. The summed E-state index contributed by atoms with van der Waals surface area (Å²) in [5, 5.41) is 9.02. The Morgan fingerprint density at radius 3 is 2.62 bits per heavy atom. The van der Waals surface area contributed by atoms with E-state index in [0.29, 0.717) is 12.0 Å². The molecular formula is C11H17NO4. The van der Waals surface area contributed by atoms with Gasteiger partial charge in [0.15, 0.2) is 0 Å². The van der Waals surface area contributed by atoms with Crippen molar-refractivity contribution in [3.63, 3.8) is 0 Å². The van der Waals surface area contributed by atoms with Crippen molar-refractivity contribution in [1.82, 2.24) is 4.90 Å². The third-order valence-corrected chi connectivity index (χ3v) is 2.83. The molecule has 5 heteroatoms. The standard InChI is InChI=1S/C11H17NO4/c1-7(2)9-6-8(10(13)16-3)4-5-12(9)11(14)15/h4,7,9H,5-6H2,1-3H3,(H,14,15)/t9-/m0/s1. The van der Waals surface area contributed by atoms with Gasteiger partial charge in [-0.1, -0.05) is 19.9 Å². The minimum Gasteiger partial charge on any atom is -0.466 e. The van der Waals surface area contributed by atoms with Gasteiger partial charge in [-0.05, 0) is 5.92 Å². The third-order valence-electron chi connectivity index (χ3n) is 2.83. The molecule has 0 fully saturated rings. The number of nitrogens with zero attached hydrogens (tertiary/aromatic N) is 1. The second kappa shape index (κ2) is 5.01. The van der Waals surface area contributed by atoms with Crippen LogP contribution >= 0.6 is 0 Å². The Morgan fingerprint density at radius 2 is 2.19 bits per heavy atom. The number of carbonyl (C=O) groups excluding carboxylic acids is 1. The fourth-order valence-corrected chi connectivity index (χ4v) is 1.88. The summed E-state index contributed by atoms with van der Waals surface area (Å²) in [5.41, 5.74) is 0.568. The maximum absolute atomic E-state index is 11.4. The van der Waals surface area contributed by atoms with Gasteiger partial charge in [-0.3, -0.25) is 0 Å². The number of ether oxygens (including phenoxy) is 1. The molecule has 16 heavy (non-hydrogen) atoms. The second-order valence-corrected chi connectivity index (χ2v) is 4.17. The number of carboxylic acid groups (broad SMARTS) is 1. The van der Waals surface area contributed by atoms with Crippen molar-refractivity contribution >= 4 is 12.1 Å². The Kier molecular flexibility index (Phi) is 3.93. The molecule has 0 unspecified atom stereocenters. The molecule has 0 aliphatic carbocycles. The molecule has 1 atom stereocenters. The SMILES string of the molecule is COC(=O)C1=CCN(C(=O)O)[C@H](C(C)C)C1. The van der Waals surface area contributed by atoms with Gasteiger partial charge in [-0.25, -0.2) is 9.59 Å². The van der Waals surface area contributed by atoms with Crippen molar-refractivity contribution in [2.75, 3.05) is 13.7 Å². The minimum absolute atomic E-state index is 0.156. The van der Waals surface area contributed by atoms with Crippen LogP contribution in [0.15, 0.2) is 11.6 Å². The van der Waals surface area contributed by atoms with Crippen LogP contribution in [0, 0.1) is 5.92 Å². The van der Waals surface area contributed by atoms with Gasteiger partial charge >= 0.3 is 12.1 Å². The highest BCUT2D eigenvalue weighted by atomic mass is 16.5. The summed E-state index contributed by atoms with van der Waals surface area (Å²) in [6.45, 7) is 4.14. The van der Waals surface area contributed by atoms with Crippen molar-refractivity contribution in [3.05, 3.63) is 11.6 Å². The maximum Gasteiger partial charge on any atom is 0.407 e. The highest BCUT2D eigenvalue weighted by molar-refractivity contribution is 5.89. The fourth-order valence-electron chi connectivity index (χ4n) is 1.88. The Balaban J connectivity index is 2.86. The maximum atomic E-state index is 11.4. The summed E-state index contributed by atoms with van der Waals surface area (Å²) in [5.74, 6) is -0.194. The van der Waals surface area contributed by atoms with Gasteiger partial charge < -0.3 is 14.7 Å². The van der Waals surface area contributed by atoms with Crippen LogP contribution in [0.1, 0.15) is 20.3 Å². The molecule has 1 amide bonds. The highest BCUT2D eigenvalue weighted by Gasteiger charge is 2.31. The van der Waals surface area contributed by atoms with E-state index in [9.17, 15) is 9.59 Å². The van der Waals surface area contributed by atoms with Crippen molar-refractivity contribution in [2.45, 2.75) is 26.3 Å². The lowest BCUT2D eigenvalue weighted by Gasteiger charge is -2.35. The average Bonchev–Trinajstić information content (AvgIpc) is 2.26. The highest BCUT2D eigenvalue weighted by Crippen LogP contribution is 2.24. The van der Waals surface area contributed by atoms with Gasteiger partial charge in [-0.15, -0.1) is 0 Å². The van der Waals surface area contributed by atoms with Gasteiger partial charge in [0.25, 0.3) is 0 Å². The zero-order valence-electron chi connectivity index (χ0n) is 9.77. The van der Waals surface area contributed by atoms with E-state index in [1.54, 1.807) is 6.08 Å². The lowest BCUT2D eigenvalue weighted by molar-refractivity contribution is -0.136. The van der Waals surface area contributed by atoms with Crippen LogP contribution in [0.5, 0.6) is 0 Å². The Bertz CT molecular complexity index is 322. The number of carbonyl (C=O) groups is 2. The van der Waals surface area contributed by atoms with E-state index < -0.39 is 6.09 Å². The van der Waals surface area contributed by atoms with Gasteiger partial charge in [0, 0.05) is 24.6 Å². The Labute approximate surface area is 94.7 Å². The zero-order chi connectivity index (χ0) is 12.3. The summed E-state index contributed by atoms with van der Waals surface area (Å²) in [6.07, 6.45) is 1.11. The first-order valence-electron chi connectivity index (χ1n) is 5.24. The normalized spacial score (nSPS) is 20.6. The molecule has 0 radical (unpaired) electrons. The molecular weight excluding hydrogens is 210 g/mol. The number of methoxy groups -OCH3 is 1. The summed E-state index contributed by atoms with van der Waals surface area (Å²) in [4.78, 5) is 23.7. The Hall–Kier alpha value is -1.52. The first-order chi connectivity index (χ1) is 7.47. The molecule has 0 saturated carbocycles. The molecule has 1 aliphatic heterocycles. The molecule has 1 aliphatic rings. The van der Waals surface area contributed by atoms with Crippen LogP contribution in [0.3, 0.4) is 0 Å². The van der Waals surface area contributed by atoms with Crippen LogP contribution in [-0.2, 0) is 9.53 Å². The number of hydrogen-bond acceptors (Lipinski definition) is 3. The van der Waals surface area contributed by atoms with E-state index in [1.807, 2.05) is 13.8 Å². The van der Waals surface area contributed by atoms with E-state index >= 15 is 0 Å². The van der Waals surface area contributed by atoms with Crippen molar-refractivity contribution in [3.8, 4) is 0 Å². The van der Waals surface area contributed by atoms with Crippen molar-refractivity contribution in [2.24, 2.45) is 5.92 Å². The Morgan fingerprint density at radius 1 is 1.56 bits per heavy atom. The molecule has 5 nitrogen and oxygen atoms in total.